The van der Waals surface area contributed by atoms with Gasteiger partial charge in [-0.15, -0.1) is 0 Å². The first kappa shape index (κ1) is 92.1. The summed E-state index contributed by atoms with van der Waals surface area (Å²) in [7, 11) is -9.90. The van der Waals surface area contributed by atoms with Gasteiger partial charge in [0.15, 0.2) is 12.2 Å². The number of ether oxygens (including phenoxy) is 4. The van der Waals surface area contributed by atoms with Crippen LogP contribution in [0.2, 0.25) is 0 Å². The maximum absolute atomic E-state index is 13.1. The van der Waals surface area contributed by atoms with Crippen LogP contribution in [0.4, 0.5) is 0 Å². The molecule has 0 saturated carbocycles. The van der Waals surface area contributed by atoms with Crippen molar-refractivity contribution in [3.05, 3.63) is 0 Å². The van der Waals surface area contributed by atoms with E-state index in [1.807, 2.05) is 0 Å². The van der Waals surface area contributed by atoms with Crippen LogP contribution in [0.15, 0.2) is 0 Å². The smallest absolute Gasteiger partial charge is 0.462 e. The van der Waals surface area contributed by atoms with Crippen molar-refractivity contribution < 1.29 is 80.2 Å². The Kier molecular flexibility index (Phi) is 65.5. The van der Waals surface area contributed by atoms with Crippen LogP contribution >= 0.6 is 15.6 Å². The summed E-state index contributed by atoms with van der Waals surface area (Å²) in [5, 5.41) is 10.6. The predicted molar refractivity (Wildman–Crippen MR) is 381 cm³/mol. The van der Waals surface area contributed by atoms with E-state index in [0.29, 0.717) is 25.7 Å². The number of hydrogen-bond donors (Lipinski definition) is 3. The molecule has 0 spiro atoms. The molecule has 2 unspecified atom stereocenters. The molecule has 0 aliphatic heterocycles. The second-order valence-electron chi connectivity index (χ2n) is 28.0. The molecule has 19 heteroatoms. The Morgan fingerprint density at radius 3 is 0.723 bits per heavy atom. The monoisotopic (exact) mass is 1380 g/mol. The van der Waals surface area contributed by atoms with E-state index in [0.717, 1.165) is 108 Å². The fraction of sp³-hybridized carbons (Fsp3) is 0.947. The van der Waals surface area contributed by atoms with Crippen molar-refractivity contribution in [1.82, 2.24) is 0 Å². The molecule has 0 bridgehead atoms. The van der Waals surface area contributed by atoms with Crippen LogP contribution in [-0.2, 0) is 65.4 Å². The first-order valence-corrected chi connectivity index (χ1v) is 42.0. The Labute approximate surface area is 575 Å². The molecule has 17 nitrogen and oxygen atoms in total. The maximum atomic E-state index is 13.1. The molecular formula is C75H146O17P2. The molecule has 0 fully saturated rings. The third kappa shape index (κ3) is 68.6. The Morgan fingerprint density at radius 1 is 0.287 bits per heavy atom. The van der Waals surface area contributed by atoms with E-state index in [9.17, 15) is 43.2 Å². The molecule has 3 N–H and O–H groups in total. The lowest BCUT2D eigenvalue weighted by atomic mass is 10.0. The van der Waals surface area contributed by atoms with E-state index in [1.54, 1.807) is 0 Å². The number of aliphatic hydroxyl groups is 1. The zero-order valence-electron chi connectivity index (χ0n) is 61.3. The molecule has 0 amide bonds. The number of esters is 4. The highest BCUT2D eigenvalue weighted by molar-refractivity contribution is 7.47. The SMILES string of the molecule is CCCCCCCCCCCCCCCCCC(=O)O[C@H](COC(=O)CCCCCCC)COP(=O)(O)OC[C@H](O)COP(=O)(O)OC[C@@H](COC(=O)CCCCCCCCCCCCCCC(C)C)OC(=O)CCCCCCCCCCCCCCCCCCC(C)C. The lowest BCUT2D eigenvalue weighted by molar-refractivity contribution is -0.161. The summed E-state index contributed by atoms with van der Waals surface area (Å²) in [4.78, 5) is 72.5. The molecule has 558 valence electrons. The van der Waals surface area contributed by atoms with Gasteiger partial charge < -0.3 is 33.8 Å². The quantitative estimate of drug-likeness (QED) is 0.0222. The molecule has 0 aromatic rings. The lowest BCUT2D eigenvalue weighted by Crippen LogP contribution is -2.30. The van der Waals surface area contributed by atoms with Crippen molar-refractivity contribution in [3.63, 3.8) is 0 Å². The van der Waals surface area contributed by atoms with Crippen molar-refractivity contribution in [2.45, 2.75) is 407 Å². The van der Waals surface area contributed by atoms with E-state index >= 15 is 0 Å². The number of phosphoric acid groups is 2. The minimum Gasteiger partial charge on any atom is -0.462 e. The average molecular weight is 1380 g/mol. The summed E-state index contributed by atoms with van der Waals surface area (Å²) < 4.78 is 68.3. The third-order valence-corrected chi connectivity index (χ3v) is 19.4. The van der Waals surface area contributed by atoms with Gasteiger partial charge in [-0.05, 0) is 37.5 Å². The van der Waals surface area contributed by atoms with Crippen LogP contribution in [0, 0.1) is 11.8 Å². The Hall–Kier alpha value is -1.94. The minimum atomic E-state index is -4.95. The second-order valence-corrected chi connectivity index (χ2v) is 30.9. The van der Waals surface area contributed by atoms with Gasteiger partial charge in [-0.1, -0.05) is 337 Å². The van der Waals surface area contributed by atoms with Gasteiger partial charge in [-0.3, -0.25) is 37.3 Å². The van der Waals surface area contributed by atoms with Crippen LogP contribution in [0.5, 0.6) is 0 Å². The van der Waals surface area contributed by atoms with Crippen molar-refractivity contribution >= 4 is 39.5 Å². The van der Waals surface area contributed by atoms with Gasteiger partial charge in [0.25, 0.3) is 0 Å². The normalized spacial score (nSPS) is 14.0. The summed E-state index contributed by atoms with van der Waals surface area (Å²) in [6, 6.07) is 0. The maximum Gasteiger partial charge on any atom is 0.472 e. The van der Waals surface area contributed by atoms with Gasteiger partial charge in [0.05, 0.1) is 26.4 Å². The number of rotatable bonds is 74. The van der Waals surface area contributed by atoms with E-state index in [2.05, 4.69) is 41.5 Å². The summed E-state index contributed by atoms with van der Waals surface area (Å²) >= 11 is 0. The Bertz CT molecular complexity index is 1820. The number of phosphoric ester groups is 2. The molecule has 0 aromatic heterocycles. The van der Waals surface area contributed by atoms with Crippen molar-refractivity contribution in [2.75, 3.05) is 39.6 Å². The van der Waals surface area contributed by atoms with Gasteiger partial charge in [0.1, 0.15) is 19.3 Å². The molecule has 5 atom stereocenters. The van der Waals surface area contributed by atoms with Crippen molar-refractivity contribution in [2.24, 2.45) is 11.8 Å². The van der Waals surface area contributed by atoms with Crippen molar-refractivity contribution in [3.8, 4) is 0 Å². The first-order valence-electron chi connectivity index (χ1n) is 39.0. The zero-order chi connectivity index (χ0) is 69.3. The van der Waals surface area contributed by atoms with Crippen LogP contribution in [0.25, 0.3) is 0 Å². The van der Waals surface area contributed by atoms with Crippen LogP contribution in [0.3, 0.4) is 0 Å². The predicted octanol–water partition coefficient (Wildman–Crippen LogP) is 21.9. The average Bonchev–Trinajstić information content (AvgIpc) is 2.65. The van der Waals surface area contributed by atoms with E-state index in [-0.39, 0.29) is 25.7 Å². The number of hydrogen-bond acceptors (Lipinski definition) is 15. The Morgan fingerprint density at radius 2 is 0.489 bits per heavy atom. The standard InChI is InChI=1S/C75H146O17P2/c1-7-9-11-13-14-15-16-17-20-24-31-36-41-47-53-59-74(79)91-70(63-85-72(77)57-51-43-12-10-8-2)65-89-93(81,82)87-61-69(76)62-88-94(83,84)90-66-71(64-86-73(78)58-52-46-40-35-30-27-26-29-34-39-45-50-56-68(5)6)92-75(80)60-54-48-42-37-32-25-22-19-18-21-23-28-33-38-44-49-55-67(3)4/h67-71,76H,7-66H2,1-6H3,(H,81,82)(H,83,84)/t69-,70+,71+/m0/s1. The molecule has 94 heavy (non-hydrogen) atoms. The highest BCUT2D eigenvalue weighted by atomic mass is 31.2. The van der Waals surface area contributed by atoms with Gasteiger partial charge in [0.2, 0.25) is 0 Å². The van der Waals surface area contributed by atoms with Gasteiger partial charge >= 0.3 is 39.5 Å². The first-order chi connectivity index (χ1) is 45.4. The van der Waals surface area contributed by atoms with Crippen LogP contribution < -0.4 is 0 Å². The Balaban J connectivity index is 5.14. The summed E-state index contributed by atoms with van der Waals surface area (Å²) in [6.07, 6.45) is 54.5. The highest BCUT2D eigenvalue weighted by Crippen LogP contribution is 2.45. The number of carbonyl (C=O) groups excluding carboxylic acids is 4. The molecular weight excluding hydrogens is 1230 g/mol. The third-order valence-electron chi connectivity index (χ3n) is 17.5. The zero-order valence-corrected chi connectivity index (χ0v) is 63.1. The largest absolute Gasteiger partial charge is 0.472 e. The van der Waals surface area contributed by atoms with E-state index in [1.165, 1.54) is 199 Å². The summed E-state index contributed by atoms with van der Waals surface area (Å²) in [5.41, 5.74) is 0. The van der Waals surface area contributed by atoms with Gasteiger partial charge in [-0.25, -0.2) is 9.13 Å². The van der Waals surface area contributed by atoms with Crippen molar-refractivity contribution in [1.29, 1.82) is 0 Å². The van der Waals surface area contributed by atoms with Crippen LogP contribution in [0.1, 0.15) is 388 Å². The molecule has 0 aliphatic carbocycles. The fourth-order valence-electron chi connectivity index (χ4n) is 11.5. The van der Waals surface area contributed by atoms with Crippen LogP contribution in [-0.4, -0.2) is 96.7 Å². The topological polar surface area (TPSA) is 237 Å². The van der Waals surface area contributed by atoms with Gasteiger partial charge in [-0.2, -0.15) is 0 Å². The lowest BCUT2D eigenvalue weighted by Gasteiger charge is -2.21. The highest BCUT2D eigenvalue weighted by Gasteiger charge is 2.30. The van der Waals surface area contributed by atoms with E-state index < -0.39 is 97.5 Å². The van der Waals surface area contributed by atoms with E-state index in [4.69, 9.17) is 37.0 Å². The number of aliphatic hydroxyl groups excluding tert-OH is 1. The minimum absolute atomic E-state index is 0.107. The van der Waals surface area contributed by atoms with Gasteiger partial charge in [0, 0.05) is 25.7 Å². The molecule has 0 aromatic carbocycles. The molecule has 0 aliphatic rings. The molecule has 0 radical (unpaired) electrons. The summed E-state index contributed by atoms with van der Waals surface area (Å²) in [5.74, 6) is -0.536. The molecule has 0 saturated heterocycles. The second kappa shape index (κ2) is 66.9. The number of carbonyl (C=O) groups is 4. The molecule has 0 heterocycles. The molecule has 0 rings (SSSR count). The number of unbranched alkanes of at least 4 members (excludes halogenated alkanes) is 44. The fourth-order valence-corrected chi connectivity index (χ4v) is 13.1. The summed E-state index contributed by atoms with van der Waals surface area (Å²) in [6.45, 7) is 9.55.